The predicted octanol–water partition coefficient (Wildman–Crippen LogP) is 3.40. The molecule has 0 saturated carbocycles. The second-order valence-electron chi connectivity index (χ2n) is 7.15. The second kappa shape index (κ2) is 6.90. The van der Waals surface area contributed by atoms with Gasteiger partial charge in [0.25, 0.3) is 0 Å². The molecule has 2 amide bonds. The van der Waals surface area contributed by atoms with Crippen molar-refractivity contribution in [3.63, 3.8) is 0 Å². The van der Waals surface area contributed by atoms with Gasteiger partial charge in [0.2, 0.25) is 5.82 Å². The number of piperidine rings is 1. The number of rotatable bonds is 3. The van der Waals surface area contributed by atoms with Crippen LogP contribution in [0, 0.1) is 13.8 Å². The minimum atomic E-state index is -0.386. The fourth-order valence-electron chi connectivity index (χ4n) is 3.75. The molecule has 1 fully saturated rings. The number of carbonyl (C=O) groups is 1. The van der Waals surface area contributed by atoms with Crippen LogP contribution in [0.4, 0.5) is 4.79 Å². The number of furan rings is 1. The van der Waals surface area contributed by atoms with Crippen LogP contribution >= 0.6 is 0 Å². The van der Waals surface area contributed by atoms with Gasteiger partial charge in [-0.05, 0) is 62.1 Å². The quantitative estimate of drug-likeness (QED) is 0.770. The van der Waals surface area contributed by atoms with E-state index in [1.807, 2.05) is 16.8 Å². The molecule has 0 radical (unpaired) electrons. The molecule has 0 bridgehead atoms. The van der Waals surface area contributed by atoms with Crippen molar-refractivity contribution >= 4 is 6.03 Å². The fraction of sp³-hybridized carbons (Fsp3) is 0.350. The SMILES string of the molecule is Cc1cc(C)cc(-n2nc(-c3ccco3)nc2C2CCCN(C(N)=O)C2)c1. The van der Waals surface area contributed by atoms with Crippen molar-refractivity contribution in [3.8, 4) is 17.3 Å². The van der Waals surface area contributed by atoms with Gasteiger partial charge in [0.15, 0.2) is 5.76 Å². The topological polar surface area (TPSA) is 90.2 Å². The standard InChI is InChI=1S/C20H23N5O2/c1-13-9-14(2)11-16(10-13)25-19(15-5-3-7-24(12-15)20(21)26)22-18(23-25)17-6-4-8-27-17/h4,6,8-11,15H,3,5,7,12H2,1-2H3,(H2,21,26). The van der Waals surface area contributed by atoms with E-state index in [4.69, 9.17) is 20.2 Å². The van der Waals surface area contributed by atoms with Gasteiger partial charge in [-0.1, -0.05) is 6.07 Å². The Morgan fingerprint density at radius 2 is 2.04 bits per heavy atom. The third kappa shape index (κ3) is 3.45. The molecule has 140 valence electrons. The van der Waals surface area contributed by atoms with E-state index >= 15 is 0 Å². The van der Waals surface area contributed by atoms with Gasteiger partial charge in [0, 0.05) is 19.0 Å². The van der Waals surface area contributed by atoms with Crippen LogP contribution in [0.2, 0.25) is 0 Å². The number of amides is 2. The van der Waals surface area contributed by atoms with E-state index in [0.717, 1.165) is 35.5 Å². The summed E-state index contributed by atoms with van der Waals surface area (Å²) >= 11 is 0. The van der Waals surface area contributed by atoms with E-state index < -0.39 is 0 Å². The number of aryl methyl sites for hydroxylation is 2. The van der Waals surface area contributed by atoms with E-state index in [1.54, 1.807) is 11.2 Å². The highest BCUT2D eigenvalue weighted by Crippen LogP contribution is 2.30. The van der Waals surface area contributed by atoms with Gasteiger partial charge in [-0.25, -0.2) is 14.5 Å². The lowest BCUT2D eigenvalue weighted by molar-refractivity contribution is 0.187. The molecular formula is C20H23N5O2. The normalized spacial score (nSPS) is 17.3. The summed E-state index contributed by atoms with van der Waals surface area (Å²) in [7, 11) is 0. The van der Waals surface area contributed by atoms with Crippen LogP contribution < -0.4 is 5.73 Å². The first-order chi connectivity index (χ1) is 13.0. The Morgan fingerprint density at radius 1 is 1.26 bits per heavy atom. The van der Waals surface area contributed by atoms with Crippen LogP contribution in [-0.2, 0) is 0 Å². The Kier molecular flexibility index (Phi) is 4.43. The van der Waals surface area contributed by atoms with Crippen LogP contribution in [0.25, 0.3) is 17.3 Å². The average molecular weight is 365 g/mol. The summed E-state index contributed by atoms with van der Waals surface area (Å²) in [5.74, 6) is 2.08. The van der Waals surface area contributed by atoms with E-state index in [1.165, 1.54) is 0 Å². The predicted molar refractivity (Wildman–Crippen MR) is 102 cm³/mol. The first-order valence-corrected chi connectivity index (χ1v) is 9.15. The van der Waals surface area contributed by atoms with Crippen molar-refractivity contribution in [2.24, 2.45) is 5.73 Å². The highest BCUT2D eigenvalue weighted by atomic mass is 16.3. The van der Waals surface area contributed by atoms with Crippen LogP contribution in [-0.4, -0.2) is 38.8 Å². The van der Waals surface area contributed by atoms with E-state index in [2.05, 4.69) is 32.0 Å². The number of hydrogen-bond acceptors (Lipinski definition) is 4. The van der Waals surface area contributed by atoms with Gasteiger partial charge in [0.05, 0.1) is 12.0 Å². The number of benzene rings is 1. The number of carbonyl (C=O) groups excluding carboxylic acids is 1. The zero-order chi connectivity index (χ0) is 19.0. The molecule has 1 saturated heterocycles. The highest BCUT2D eigenvalue weighted by Gasteiger charge is 2.29. The summed E-state index contributed by atoms with van der Waals surface area (Å²) in [4.78, 5) is 18.1. The molecule has 7 heteroatoms. The Bertz CT molecular complexity index is 941. The molecule has 1 atom stereocenters. The Balaban J connectivity index is 1.80. The van der Waals surface area contributed by atoms with Gasteiger partial charge in [-0.3, -0.25) is 0 Å². The van der Waals surface area contributed by atoms with Gasteiger partial charge in [-0.15, -0.1) is 5.10 Å². The summed E-state index contributed by atoms with van der Waals surface area (Å²) in [6.07, 6.45) is 3.44. The van der Waals surface area contributed by atoms with Crippen molar-refractivity contribution in [1.29, 1.82) is 0 Å². The van der Waals surface area contributed by atoms with E-state index in [-0.39, 0.29) is 11.9 Å². The van der Waals surface area contributed by atoms with Crippen molar-refractivity contribution in [2.75, 3.05) is 13.1 Å². The summed E-state index contributed by atoms with van der Waals surface area (Å²) in [6.45, 7) is 5.37. The van der Waals surface area contributed by atoms with Crippen LogP contribution in [0.1, 0.15) is 35.7 Å². The van der Waals surface area contributed by atoms with Crippen molar-refractivity contribution in [2.45, 2.75) is 32.6 Å². The first kappa shape index (κ1) is 17.3. The fourth-order valence-corrected chi connectivity index (χ4v) is 3.75. The van der Waals surface area contributed by atoms with Gasteiger partial charge >= 0.3 is 6.03 Å². The minimum Gasteiger partial charge on any atom is -0.461 e. The summed E-state index contributed by atoms with van der Waals surface area (Å²) in [5, 5.41) is 4.73. The Hall–Kier alpha value is -3.09. The average Bonchev–Trinajstić information content (AvgIpc) is 3.30. The third-order valence-electron chi connectivity index (χ3n) is 4.92. The molecule has 1 aliphatic rings. The maximum atomic E-state index is 11.7. The summed E-state index contributed by atoms with van der Waals surface area (Å²) < 4.78 is 7.38. The molecule has 0 spiro atoms. The maximum absolute atomic E-state index is 11.7. The molecule has 2 N–H and O–H groups in total. The Labute approximate surface area is 157 Å². The molecule has 3 aromatic rings. The van der Waals surface area contributed by atoms with Crippen molar-refractivity contribution in [1.82, 2.24) is 19.7 Å². The zero-order valence-electron chi connectivity index (χ0n) is 15.6. The van der Waals surface area contributed by atoms with Crippen molar-refractivity contribution < 1.29 is 9.21 Å². The lowest BCUT2D eigenvalue weighted by Gasteiger charge is -2.31. The number of primary amides is 1. The molecule has 27 heavy (non-hydrogen) atoms. The number of nitrogens with two attached hydrogens (primary N) is 1. The number of nitrogens with zero attached hydrogens (tertiary/aromatic N) is 4. The third-order valence-corrected chi connectivity index (χ3v) is 4.92. The highest BCUT2D eigenvalue weighted by molar-refractivity contribution is 5.72. The molecular weight excluding hydrogens is 342 g/mol. The molecule has 1 unspecified atom stereocenters. The second-order valence-corrected chi connectivity index (χ2v) is 7.15. The van der Waals surface area contributed by atoms with Gasteiger partial charge < -0.3 is 15.1 Å². The van der Waals surface area contributed by atoms with Gasteiger partial charge in [0.1, 0.15) is 5.82 Å². The van der Waals surface area contributed by atoms with E-state index in [0.29, 0.717) is 24.7 Å². The largest absolute Gasteiger partial charge is 0.461 e. The summed E-state index contributed by atoms with van der Waals surface area (Å²) in [5.41, 5.74) is 8.79. The smallest absolute Gasteiger partial charge is 0.314 e. The monoisotopic (exact) mass is 365 g/mol. The Morgan fingerprint density at radius 3 is 2.70 bits per heavy atom. The molecule has 4 rings (SSSR count). The number of likely N-dealkylation sites (tertiary alicyclic amines) is 1. The van der Waals surface area contributed by atoms with Crippen LogP contribution in [0.15, 0.2) is 41.0 Å². The molecule has 1 aliphatic heterocycles. The van der Waals surface area contributed by atoms with Crippen molar-refractivity contribution in [3.05, 3.63) is 53.5 Å². The lowest BCUT2D eigenvalue weighted by Crippen LogP contribution is -2.42. The van der Waals surface area contributed by atoms with E-state index in [9.17, 15) is 4.79 Å². The molecule has 7 nitrogen and oxygen atoms in total. The van der Waals surface area contributed by atoms with Crippen LogP contribution in [0.3, 0.4) is 0 Å². The zero-order valence-corrected chi connectivity index (χ0v) is 15.6. The molecule has 0 aliphatic carbocycles. The molecule has 3 heterocycles. The van der Waals surface area contributed by atoms with Gasteiger partial charge in [-0.2, -0.15) is 0 Å². The number of urea groups is 1. The first-order valence-electron chi connectivity index (χ1n) is 9.15. The number of aromatic nitrogens is 3. The van der Waals surface area contributed by atoms with Crippen LogP contribution in [0.5, 0.6) is 0 Å². The summed E-state index contributed by atoms with van der Waals surface area (Å²) in [6, 6.07) is 9.59. The number of hydrogen-bond donors (Lipinski definition) is 1. The lowest BCUT2D eigenvalue weighted by atomic mass is 9.97. The minimum absolute atomic E-state index is 0.0725. The molecule has 1 aromatic carbocycles. The maximum Gasteiger partial charge on any atom is 0.314 e. The molecule has 2 aromatic heterocycles.